The van der Waals surface area contributed by atoms with Crippen LogP contribution in [0.25, 0.3) is 0 Å². The van der Waals surface area contributed by atoms with E-state index in [2.05, 4.69) is 4.72 Å². The van der Waals surface area contributed by atoms with Gasteiger partial charge >= 0.3 is 0 Å². The first-order valence-corrected chi connectivity index (χ1v) is 7.84. The Bertz CT molecular complexity index is 769. The Morgan fingerprint density at radius 3 is 2.48 bits per heavy atom. The van der Waals surface area contributed by atoms with Crippen molar-refractivity contribution in [3.05, 3.63) is 53.1 Å². The number of benzene rings is 2. The van der Waals surface area contributed by atoms with Gasteiger partial charge < -0.3 is 10.2 Å². The normalized spacial score (nSPS) is 11.4. The zero-order chi connectivity index (χ0) is 15.6. The van der Waals surface area contributed by atoms with Crippen LogP contribution in [0.15, 0.2) is 41.3 Å². The molecule has 0 aliphatic carbocycles. The van der Waals surface area contributed by atoms with Gasteiger partial charge in [-0.1, -0.05) is 18.2 Å². The highest BCUT2D eigenvalue weighted by Crippen LogP contribution is 2.27. The molecule has 21 heavy (non-hydrogen) atoms. The van der Waals surface area contributed by atoms with Gasteiger partial charge in [-0.05, 0) is 48.7 Å². The maximum atomic E-state index is 12.4. The molecule has 6 heteroatoms. The lowest BCUT2D eigenvalue weighted by Crippen LogP contribution is -2.14. The minimum Gasteiger partial charge on any atom is -0.507 e. The lowest BCUT2D eigenvalue weighted by Gasteiger charge is -2.13. The minimum absolute atomic E-state index is 0.170. The van der Waals surface area contributed by atoms with E-state index >= 15 is 0 Å². The molecule has 0 heterocycles. The second-order valence-corrected chi connectivity index (χ2v) is 6.53. The highest BCUT2D eigenvalue weighted by atomic mass is 32.2. The predicted molar refractivity (Wildman–Crippen MR) is 80.8 cm³/mol. The quantitative estimate of drug-likeness (QED) is 0.809. The number of aryl methyl sites for hydroxylation is 2. The standard InChI is InChI=1S/C15H17NO4S/c1-10-3-6-14(18)15(7-10)21(19,20)16-13-8-12(9-17)5-4-11(13)2/h3-8,16-18H,9H2,1-2H3. The van der Waals surface area contributed by atoms with Crippen LogP contribution in [0.1, 0.15) is 16.7 Å². The molecule has 2 aromatic rings. The second-order valence-electron chi connectivity index (χ2n) is 4.88. The number of hydrogen-bond acceptors (Lipinski definition) is 4. The van der Waals surface area contributed by atoms with E-state index in [1.807, 2.05) is 0 Å². The fraction of sp³-hybridized carbons (Fsp3) is 0.200. The molecule has 0 atom stereocenters. The molecule has 0 saturated carbocycles. The molecule has 2 rings (SSSR count). The smallest absolute Gasteiger partial charge is 0.265 e. The summed E-state index contributed by atoms with van der Waals surface area (Å²) < 4.78 is 27.2. The molecule has 112 valence electrons. The van der Waals surface area contributed by atoms with Gasteiger partial charge in [-0.25, -0.2) is 8.42 Å². The van der Waals surface area contributed by atoms with Gasteiger partial charge in [0.15, 0.2) is 0 Å². The molecule has 0 aliphatic rings. The Hall–Kier alpha value is -2.05. The van der Waals surface area contributed by atoms with Crippen molar-refractivity contribution in [3.8, 4) is 5.75 Å². The summed E-state index contributed by atoms with van der Waals surface area (Å²) in [5.74, 6) is -0.302. The Balaban J connectivity index is 2.44. The summed E-state index contributed by atoms with van der Waals surface area (Å²) in [5.41, 5.74) is 2.44. The first-order valence-electron chi connectivity index (χ1n) is 6.36. The van der Waals surface area contributed by atoms with E-state index in [-0.39, 0.29) is 17.3 Å². The van der Waals surface area contributed by atoms with E-state index in [0.29, 0.717) is 11.3 Å². The number of aliphatic hydroxyl groups is 1. The molecule has 2 aromatic carbocycles. The fourth-order valence-electron chi connectivity index (χ4n) is 1.91. The van der Waals surface area contributed by atoms with Crippen molar-refractivity contribution in [1.29, 1.82) is 0 Å². The first-order chi connectivity index (χ1) is 9.83. The third-order valence-corrected chi connectivity index (χ3v) is 4.53. The Morgan fingerprint density at radius 1 is 1.10 bits per heavy atom. The molecule has 0 spiro atoms. The number of sulfonamides is 1. The average Bonchev–Trinajstić information content (AvgIpc) is 2.43. The summed E-state index contributed by atoms with van der Waals surface area (Å²) in [6.07, 6.45) is 0. The monoisotopic (exact) mass is 307 g/mol. The lowest BCUT2D eigenvalue weighted by atomic mass is 10.1. The van der Waals surface area contributed by atoms with Crippen molar-refractivity contribution in [2.45, 2.75) is 25.3 Å². The van der Waals surface area contributed by atoms with Crippen LogP contribution in [0.3, 0.4) is 0 Å². The number of rotatable bonds is 4. The summed E-state index contributed by atoms with van der Waals surface area (Å²) in [6, 6.07) is 9.40. The van der Waals surface area contributed by atoms with Gasteiger partial charge in [0.2, 0.25) is 0 Å². The predicted octanol–water partition coefficient (Wildman–Crippen LogP) is 2.30. The number of hydrogen-bond donors (Lipinski definition) is 3. The van der Waals surface area contributed by atoms with Gasteiger partial charge in [-0.15, -0.1) is 0 Å². The maximum absolute atomic E-state index is 12.4. The van der Waals surface area contributed by atoms with Crippen molar-refractivity contribution in [3.63, 3.8) is 0 Å². The van der Waals surface area contributed by atoms with E-state index in [0.717, 1.165) is 11.1 Å². The molecule has 0 aromatic heterocycles. The van der Waals surface area contributed by atoms with Crippen molar-refractivity contribution in [2.75, 3.05) is 4.72 Å². The minimum atomic E-state index is -3.90. The summed E-state index contributed by atoms with van der Waals surface area (Å²) in [5, 5.41) is 18.9. The van der Waals surface area contributed by atoms with E-state index in [1.54, 1.807) is 38.1 Å². The van der Waals surface area contributed by atoms with Crippen LogP contribution in [0.4, 0.5) is 5.69 Å². The summed E-state index contributed by atoms with van der Waals surface area (Å²) in [4.78, 5) is -0.170. The third kappa shape index (κ3) is 3.34. The van der Waals surface area contributed by atoms with Crippen LogP contribution in [-0.2, 0) is 16.6 Å². The van der Waals surface area contributed by atoms with E-state index in [4.69, 9.17) is 5.11 Å². The zero-order valence-corrected chi connectivity index (χ0v) is 12.6. The number of anilines is 1. The van der Waals surface area contributed by atoms with Crippen LogP contribution in [0.5, 0.6) is 5.75 Å². The van der Waals surface area contributed by atoms with Crippen LogP contribution < -0.4 is 4.72 Å². The molecule has 0 unspecified atom stereocenters. The lowest BCUT2D eigenvalue weighted by molar-refractivity contribution is 0.282. The molecular weight excluding hydrogens is 290 g/mol. The number of aliphatic hydroxyl groups excluding tert-OH is 1. The van der Waals surface area contributed by atoms with Gasteiger partial charge in [0.25, 0.3) is 10.0 Å². The second kappa shape index (κ2) is 5.75. The number of nitrogens with one attached hydrogen (secondary N) is 1. The van der Waals surface area contributed by atoms with Gasteiger partial charge in [0.1, 0.15) is 10.6 Å². The maximum Gasteiger partial charge on any atom is 0.265 e. The van der Waals surface area contributed by atoms with Gasteiger partial charge in [-0.2, -0.15) is 0 Å². The number of aromatic hydroxyl groups is 1. The summed E-state index contributed by atoms with van der Waals surface area (Å²) in [6.45, 7) is 3.33. The van der Waals surface area contributed by atoms with E-state index < -0.39 is 10.0 Å². The van der Waals surface area contributed by atoms with Crippen LogP contribution in [0, 0.1) is 13.8 Å². The SMILES string of the molecule is Cc1ccc(O)c(S(=O)(=O)Nc2cc(CO)ccc2C)c1. The molecular formula is C15H17NO4S. The van der Waals surface area contributed by atoms with Crippen molar-refractivity contribution >= 4 is 15.7 Å². The highest BCUT2D eigenvalue weighted by molar-refractivity contribution is 7.92. The van der Waals surface area contributed by atoms with Crippen molar-refractivity contribution in [2.24, 2.45) is 0 Å². The molecule has 3 N–H and O–H groups in total. The Kier molecular flexibility index (Phi) is 4.20. The first kappa shape index (κ1) is 15.3. The molecule has 5 nitrogen and oxygen atoms in total. The van der Waals surface area contributed by atoms with Gasteiger partial charge in [-0.3, -0.25) is 4.72 Å². The third-order valence-electron chi connectivity index (χ3n) is 3.13. The molecule has 0 fully saturated rings. The van der Waals surface area contributed by atoms with Crippen LogP contribution in [-0.4, -0.2) is 18.6 Å². The highest BCUT2D eigenvalue weighted by Gasteiger charge is 2.19. The number of phenols is 1. The zero-order valence-electron chi connectivity index (χ0n) is 11.8. The van der Waals surface area contributed by atoms with E-state index in [1.165, 1.54) is 12.1 Å². The van der Waals surface area contributed by atoms with Gasteiger partial charge in [0.05, 0.1) is 12.3 Å². The topological polar surface area (TPSA) is 86.6 Å². The Labute approximate surface area is 123 Å². The fourth-order valence-corrected chi connectivity index (χ4v) is 3.22. The van der Waals surface area contributed by atoms with Crippen LogP contribution in [0.2, 0.25) is 0 Å². The van der Waals surface area contributed by atoms with Crippen LogP contribution >= 0.6 is 0 Å². The molecule has 0 aliphatic heterocycles. The Morgan fingerprint density at radius 2 is 1.81 bits per heavy atom. The van der Waals surface area contributed by atoms with Crippen molar-refractivity contribution < 1.29 is 18.6 Å². The summed E-state index contributed by atoms with van der Waals surface area (Å²) in [7, 11) is -3.90. The van der Waals surface area contributed by atoms with Crippen molar-refractivity contribution in [1.82, 2.24) is 0 Å². The van der Waals surface area contributed by atoms with Gasteiger partial charge in [0, 0.05) is 0 Å². The molecule has 0 radical (unpaired) electrons. The summed E-state index contributed by atoms with van der Waals surface area (Å²) >= 11 is 0. The molecule has 0 saturated heterocycles. The largest absolute Gasteiger partial charge is 0.507 e. The number of phenolic OH excluding ortho intramolecular Hbond substituents is 1. The average molecular weight is 307 g/mol. The molecule has 0 amide bonds. The molecule has 0 bridgehead atoms. The van der Waals surface area contributed by atoms with E-state index in [9.17, 15) is 13.5 Å².